The third-order valence-corrected chi connectivity index (χ3v) is 9.73. The molecule has 0 spiro atoms. The number of fused-ring (bicyclic) bond motifs is 1. The van der Waals surface area contributed by atoms with Crippen LogP contribution >= 0.6 is 23.5 Å². The number of hydrogen-bond acceptors (Lipinski definition) is 10. The van der Waals surface area contributed by atoms with Gasteiger partial charge in [-0.2, -0.15) is 5.10 Å². The van der Waals surface area contributed by atoms with Gasteiger partial charge in [-0.15, -0.1) is 11.8 Å². The largest absolute Gasteiger partial charge is 0.497 e. The van der Waals surface area contributed by atoms with Crippen LogP contribution < -0.4 is 24.5 Å². The minimum atomic E-state index is -0.379. The van der Waals surface area contributed by atoms with Gasteiger partial charge in [0, 0.05) is 18.6 Å². The number of ether oxygens (including phenoxy) is 4. The average molecular weight is 645 g/mol. The number of para-hydroxylation sites is 2. The van der Waals surface area contributed by atoms with Gasteiger partial charge in [0.15, 0.2) is 16.7 Å². The summed E-state index contributed by atoms with van der Waals surface area (Å²) in [5.41, 5.74) is 3.70. The van der Waals surface area contributed by atoms with E-state index in [0.29, 0.717) is 45.8 Å². The Morgan fingerprint density at radius 2 is 1.69 bits per heavy atom. The molecule has 2 aliphatic heterocycles. The van der Waals surface area contributed by atoms with Crippen molar-refractivity contribution in [2.45, 2.75) is 28.9 Å². The maximum Gasteiger partial charge on any atom is 0.272 e. The predicted molar refractivity (Wildman–Crippen MR) is 175 cm³/mol. The highest BCUT2D eigenvalue weighted by atomic mass is 32.2. The van der Waals surface area contributed by atoms with Crippen LogP contribution in [0.4, 0.5) is 0 Å². The summed E-state index contributed by atoms with van der Waals surface area (Å²) in [6.45, 7) is 0. The smallest absolute Gasteiger partial charge is 0.272 e. The van der Waals surface area contributed by atoms with Crippen molar-refractivity contribution >= 4 is 35.1 Å². The number of methoxy groups -OCH3 is 4. The van der Waals surface area contributed by atoms with E-state index in [2.05, 4.69) is 0 Å². The number of benzene rings is 3. The molecule has 3 heterocycles. The topological polar surface area (TPSA) is 104 Å². The lowest BCUT2D eigenvalue weighted by Crippen LogP contribution is -2.29. The molecule has 1 amide bonds. The first-order chi connectivity index (χ1) is 21.9. The first-order valence-corrected chi connectivity index (χ1v) is 16.2. The summed E-state index contributed by atoms with van der Waals surface area (Å²) in [5.74, 6) is 3.02. The van der Waals surface area contributed by atoms with Crippen LogP contribution in [-0.2, 0) is 11.2 Å². The predicted octanol–water partition coefficient (Wildman–Crippen LogP) is 5.39. The zero-order valence-corrected chi connectivity index (χ0v) is 26.9. The summed E-state index contributed by atoms with van der Waals surface area (Å²) in [6, 6.07) is 20.2. The summed E-state index contributed by atoms with van der Waals surface area (Å²) in [4.78, 5) is 33.3. The summed E-state index contributed by atoms with van der Waals surface area (Å²) in [7, 11) is 6.35. The normalized spacial score (nSPS) is 15.4. The molecule has 2 aliphatic rings. The third kappa shape index (κ3) is 5.99. The Hall–Kier alpha value is -4.42. The molecule has 1 unspecified atom stereocenters. The fourth-order valence-electron chi connectivity index (χ4n) is 5.43. The molecule has 0 aliphatic carbocycles. The number of thioether (sulfide) groups is 2. The van der Waals surface area contributed by atoms with E-state index in [9.17, 15) is 9.59 Å². The number of carbonyl (C=O) groups is 1. The molecule has 0 radical (unpaired) electrons. The molecular weight excluding hydrogens is 613 g/mol. The quantitative estimate of drug-likeness (QED) is 0.166. The molecule has 12 heteroatoms. The maximum absolute atomic E-state index is 14.0. The van der Waals surface area contributed by atoms with Crippen molar-refractivity contribution < 1.29 is 23.7 Å². The van der Waals surface area contributed by atoms with Gasteiger partial charge in [0.05, 0.1) is 62.2 Å². The second-order valence-electron chi connectivity index (χ2n) is 10.2. The van der Waals surface area contributed by atoms with Crippen molar-refractivity contribution in [3.8, 4) is 28.7 Å². The van der Waals surface area contributed by atoms with Crippen molar-refractivity contribution in [2.75, 3.05) is 39.9 Å². The first-order valence-electron chi connectivity index (χ1n) is 14.3. The monoisotopic (exact) mass is 644 g/mol. The molecular formula is C33H32N4O6S2. The summed E-state index contributed by atoms with van der Waals surface area (Å²) in [5, 5.41) is 6.79. The van der Waals surface area contributed by atoms with E-state index in [1.54, 1.807) is 39.1 Å². The highest BCUT2D eigenvalue weighted by molar-refractivity contribution is 8.00. The number of hydrogen-bond donors (Lipinski definition) is 0. The molecule has 10 nitrogen and oxygen atoms in total. The van der Waals surface area contributed by atoms with Crippen molar-refractivity contribution in [3.63, 3.8) is 0 Å². The highest BCUT2D eigenvalue weighted by Crippen LogP contribution is 2.38. The Morgan fingerprint density at radius 3 is 2.42 bits per heavy atom. The van der Waals surface area contributed by atoms with Crippen LogP contribution in [-0.4, -0.2) is 66.1 Å². The van der Waals surface area contributed by atoms with Crippen LogP contribution in [0.3, 0.4) is 0 Å². The minimum Gasteiger partial charge on any atom is -0.497 e. The van der Waals surface area contributed by atoms with Gasteiger partial charge < -0.3 is 18.9 Å². The molecule has 0 bridgehead atoms. The standard InChI is InChI=1S/C33H32N4O6S2/c1-40-22-12-9-20(10-13-22)24-18-26(21-11-14-28(42-3)29(17-21)43-4)37(35-24)30(38)19-45-33-34-23-15-16-44-31(23)32(39)36(33)25-7-5-6-8-27(25)41-2/h5-14,17,26H,15-16,18-19H2,1-4H3. The molecule has 3 aromatic carbocycles. The van der Waals surface area contributed by atoms with Gasteiger partial charge in [-0.05, 0) is 59.7 Å². The van der Waals surface area contributed by atoms with Gasteiger partial charge in [0.1, 0.15) is 11.5 Å². The second kappa shape index (κ2) is 13.3. The molecule has 1 aromatic heterocycles. The second-order valence-corrected chi connectivity index (χ2v) is 12.3. The van der Waals surface area contributed by atoms with Gasteiger partial charge in [-0.25, -0.2) is 9.99 Å². The van der Waals surface area contributed by atoms with Gasteiger partial charge in [-0.3, -0.25) is 14.2 Å². The lowest BCUT2D eigenvalue weighted by molar-refractivity contribution is -0.130. The Labute approximate surface area is 269 Å². The van der Waals surface area contributed by atoms with Crippen LogP contribution in [0.2, 0.25) is 0 Å². The Morgan fingerprint density at radius 1 is 0.933 bits per heavy atom. The fourth-order valence-corrected chi connectivity index (χ4v) is 7.32. The lowest BCUT2D eigenvalue weighted by atomic mass is 9.98. The van der Waals surface area contributed by atoms with E-state index in [0.717, 1.165) is 34.0 Å². The van der Waals surface area contributed by atoms with Crippen molar-refractivity contribution in [1.82, 2.24) is 14.6 Å². The summed E-state index contributed by atoms with van der Waals surface area (Å²) < 4.78 is 23.5. The summed E-state index contributed by atoms with van der Waals surface area (Å²) >= 11 is 2.72. The van der Waals surface area contributed by atoms with E-state index in [1.807, 2.05) is 60.7 Å². The SMILES string of the molecule is COc1ccc(C2=NN(C(=O)CSc3nc4c(c(=O)n3-c3ccccc3OC)SCC4)C(c3ccc(OC)c(OC)c3)C2)cc1. The van der Waals surface area contributed by atoms with Crippen LogP contribution in [0.15, 0.2) is 86.7 Å². The molecule has 0 fully saturated rings. The van der Waals surface area contributed by atoms with Gasteiger partial charge in [0.2, 0.25) is 0 Å². The average Bonchev–Trinajstić information content (AvgIpc) is 3.75. The van der Waals surface area contributed by atoms with E-state index in [1.165, 1.54) is 28.5 Å². The zero-order valence-electron chi connectivity index (χ0n) is 25.3. The van der Waals surface area contributed by atoms with Crippen LogP contribution in [0.25, 0.3) is 5.69 Å². The van der Waals surface area contributed by atoms with Gasteiger partial charge in [-0.1, -0.05) is 30.0 Å². The van der Waals surface area contributed by atoms with E-state index >= 15 is 0 Å². The number of hydrazone groups is 1. The molecule has 0 saturated carbocycles. The lowest BCUT2D eigenvalue weighted by Gasteiger charge is -2.23. The number of carbonyl (C=O) groups excluding carboxylic acids is 1. The van der Waals surface area contributed by atoms with E-state index in [-0.39, 0.29) is 23.3 Å². The Balaban J connectivity index is 1.35. The summed E-state index contributed by atoms with van der Waals surface area (Å²) in [6.07, 6.45) is 1.20. The van der Waals surface area contributed by atoms with Crippen LogP contribution in [0, 0.1) is 0 Å². The zero-order chi connectivity index (χ0) is 31.5. The van der Waals surface area contributed by atoms with Crippen LogP contribution in [0.1, 0.15) is 29.3 Å². The van der Waals surface area contributed by atoms with Gasteiger partial charge >= 0.3 is 0 Å². The van der Waals surface area contributed by atoms with Crippen molar-refractivity contribution in [1.29, 1.82) is 0 Å². The first kappa shape index (κ1) is 30.6. The molecule has 45 heavy (non-hydrogen) atoms. The van der Waals surface area contributed by atoms with Gasteiger partial charge in [0.25, 0.3) is 11.5 Å². The minimum absolute atomic E-state index is 0.0106. The Kier molecular flexibility index (Phi) is 9.04. The number of rotatable bonds is 10. The number of amides is 1. The van der Waals surface area contributed by atoms with Crippen molar-refractivity contribution in [3.05, 3.63) is 93.9 Å². The molecule has 4 aromatic rings. The molecule has 0 N–H and O–H groups in total. The number of aromatic nitrogens is 2. The Bertz CT molecular complexity index is 1830. The fraction of sp³-hybridized carbons (Fsp3) is 0.273. The van der Waals surface area contributed by atoms with Crippen molar-refractivity contribution in [2.24, 2.45) is 5.10 Å². The van der Waals surface area contributed by atoms with E-state index in [4.69, 9.17) is 29.0 Å². The highest BCUT2D eigenvalue weighted by Gasteiger charge is 2.34. The molecule has 1 atom stereocenters. The number of nitrogens with zero attached hydrogens (tertiary/aromatic N) is 4. The third-order valence-electron chi connectivity index (χ3n) is 7.70. The number of aryl methyl sites for hydroxylation is 1. The molecule has 6 rings (SSSR count). The molecule has 0 saturated heterocycles. The van der Waals surface area contributed by atoms with E-state index < -0.39 is 0 Å². The maximum atomic E-state index is 14.0. The van der Waals surface area contributed by atoms with Crippen LogP contribution in [0.5, 0.6) is 23.0 Å². The molecule has 232 valence electrons.